The third-order valence-corrected chi connectivity index (χ3v) is 5.60. The van der Waals surface area contributed by atoms with Crippen LogP contribution in [0.3, 0.4) is 0 Å². The van der Waals surface area contributed by atoms with E-state index in [1.807, 2.05) is 45.0 Å². The van der Waals surface area contributed by atoms with Crippen molar-refractivity contribution in [2.24, 2.45) is 4.99 Å². The molecule has 1 aromatic carbocycles. The predicted octanol–water partition coefficient (Wildman–Crippen LogP) is 4.23. The maximum Gasteiger partial charge on any atom is 0.233 e. The minimum atomic E-state index is -3.37. The minimum absolute atomic E-state index is 0.00675. The fourth-order valence-electron chi connectivity index (χ4n) is 3.22. The van der Waals surface area contributed by atoms with Crippen molar-refractivity contribution < 1.29 is 22.6 Å². The van der Waals surface area contributed by atoms with Crippen LogP contribution in [-0.4, -0.2) is 49.3 Å². The molecule has 1 N–H and O–H groups in total. The third-order valence-electron chi connectivity index (χ3n) is 4.60. The quantitative estimate of drug-likeness (QED) is 0.572. The summed E-state index contributed by atoms with van der Waals surface area (Å²) in [6.07, 6.45) is 2.48. The van der Waals surface area contributed by atoms with E-state index in [9.17, 15) is 8.42 Å². The highest BCUT2D eigenvalue weighted by molar-refractivity contribution is 7.90. The summed E-state index contributed by atoms with van der Waals surface area (Å²) < 4.78 is 40.7. The summed E-state index contributed by atoms with van der Waals surface area (Å²) in [6, 6.07) is 12.6. The van der Waals surface area contributed by atoms with Crippen molar-refractivity contribution >= 4 is 15.7 Å². The van der Waals surface area contributed by atoms with Crippen molar-refractivity contribution in [2.45, 2.75) is 37.9 Å². The fourth-order valence-corrected chi connectivity index (χ4v) is 3.78. The SMILES string of the molecule is CC(C)Oc1cc(Oc2ccc(S(C)(=O)=O)nc2)cc(-c2ccc(C3=N[C@H](C)CO3)[nH]2)c1. The number of aliphatic imine (C=N–C) groups is 1. The molecule has 1 aliphatic heterocycles. The maximum absolute atomic E-state index is 11.6. The lowest BCUT2D eigenvalue weighted by atomic mass is 10.1. The number of hydrogen-bond donors (Lipinski definition) is 1. The normalized spacial score (nSPS) is 16.0. The molecule has 1 atom stereocenters. The molecular weight excluding hydrogens is 430 g/mol. The van der Waals surface area contributed by atoms with Crippen LogP contribution in [0.1, 0.15) is 26.5 Å². The molecule has 0 aliphatic carbocycles. The van der Waals surface area contributed by atoms with Gasteiger partial charge < -0.3 is 19.2 Å². The molecule has 0 radical (unpaired) electrons. The van der Waals surface area contributed by atoms with Gasteiger partial charge in [-0.15, -0.1) is 0 Å². The highest BCUT2D eigenvalue weighted by Gasteiger charge is 2.18. The van der Waals surface area contributed by atoms with Crippen LogP contribution in [0.25, 0.3) is 11.3 Å². The van der Waals surface area contributed by atoms with E-state index in [-0.39, 0.29) is 17.2 Å². The lowest BCUT2D eigenvalue weighted by Gasteiger charge is -2.14. The van der Waals surface area contributed by atoms with Crippen LogP contribution in [0.4, 0.5) is 0 Å². The number of aromatic amines is 1. The van der Waals surface area contributed by atoms with Crippen LogP contribution < -0.4 is 9.47 Å². The van der Waals surface area contributed by atoms with E-state index >= 15 is 0 Å². The van der Waals surface area contributed by atoms with Crippen molar-refractivity contribution in [1.29, 1.82) is 0 Å². The van der Waals surface area contributed by atoms with Crippen LogP contribution in [0.2, 0.25) is 0 Å². The summed E-state index contributed by atoms with van der Waals surface area (Å²) in [5.41, 5.74) is 2.52. The molecule has 3 aromatic rings. The molecule has 8 nitrogen and oxygen atoms in total. The number of pyridine rings is 1. The smallest absolute Gasteiger partial charge is 0.233 e. The average Bonchev–Trinajstić information content (AvgIpc) is 3.36. The Morgan fingerprint density at radius 3 is 2.44 bits per heavy atom. The van der Waals surface area contributed by atoms with Gasteiger partial charge in [0.1, 0.15) is 29.5 Å². The minimum Gasteiger partial charge on any atom is -0.491 e. The number of nitrogens with zero attached hydrogens (tertiary/aromatic N) is 2. The Kier molecular flexibility index (Phi) is 5.92. The second-order valence-corrected chi connectivity index (χ2v) is 9.91. The number of hydrogen-bond acceptors (Lipinski definition) is 7. The van der Waals surface area contributed by atoms with Crippen LogP contribution in [0.5, 0.6) is 17.2 Å². The van der Waals surface area contributed by atoms with Gasteiger partial charge in [0.05, 0.1) is 18.3 Å². The van der Waals surface area contributed by atoms with Crippen molar-refractivity contribution in [1.82, 2.24) is 9.97 Å². The molecular formula is C23H25N3O5S. The zero-order chi connectivity index (χ0) is 22.9. The van der Waals surface area contributed by atoms with E-state index in [0.29, 0.717) is 29.8 Å². The van der Waals surface area contributed by atoms with E-state index in [4.69, 9.17) is 14.2 Å². The Morgan fingerprint density at radius 1 is 1.06 bits per heavy atom. The van der Waals surface area contributed by atoms with Crippen molar-refractivity contribution in [3.8, 4) is 28.5 Å². The zero-order valence-corrected chi connectivity index (χ0v) is 19.1. The van der Waals surface area contributed by atoms with Crippen LogP contribution in [0, 0.1) is 0 Å². The molecule has 4 rings (SSSR count). The second-order valence-electron chi connectivity index (χ2n) is 7.95. The topological polar surface area (TPSA) is 103 Å². The first-order valence-electron chi connectivity index (χ1n) is 10.2. The summed E-state index contributed by atoms with van der Waals surface area (Å²) in [6.45, 7) is 6.48. The Labute approximate surface area is 187 Å². The van der Waals surface area contributed by atoms with Crippen LogP contribution in [0.15, 0.2) is 58.7 Å². The van der Waals surface area contributed by atoms with E-state index in [2.05, 4.69) is 15.0 Å². The van der Waals surface area contributed by atoms with Gasteiger partial charge in [0.2, 0.25) is 5.90 Å². The molecule has 0 amide bonds. The van der Waals surface area contributed by atoms with Gasteiger partial charge in [0.25, 0.3) is 0 Å². The molecule has 1 aliphatic rings. The molecule has 0 saturated heterocycles. The lowest BCUT2D eigenvalue weighted by Crippen LogP contribution is -2.05. The number of rotatable bonds is 7. The first-order chi connectivity index (χ1) is 15.2. The number of ether oxygens (including phenoxy) is 3. The first kappa shape index (κ1) is 21.9. The average molecular weight is 456 g/mol. The number of aromatic nitrogens is 2. The van der Waals surface area contributed by atoms with Gasteiger partial charge >= 0.3 is 0 Å². The third kappa shape index (κ3) is 5.11. The molecule has 0 fully saturated rings. The van der Waals surface area contributed by atoms with Crippen molar-refractivity contribution in [3.05, 3.63) is 54.4 Å². The van der Waals surface area contributed by atoms with E-state index in [0.717, 1.165) is 23.2 Å². The highest BCUT2D eigenvalue weighted by atomic mass is 32.2. The standard InChI is InChI=1S/C23H25N3O5S/c1-14(2)30-18-9-16(20-6-7-21(26-20)23-25-15(3)13-29-23)10-19(11-18)31-17-5-8-22(24-12-17)32(4,27)28/h5-12,14-15,26H,13H2,1-4H3/t15-/m1/s1. The van der Waals surface area contributed by atoms with Gasteiger partial charge in [-0.05, 0) is 57.2 Å². The predicted molar refractivity (Wildman–Crippen MR) is 121 cm³/mol. The molecule has 0 unspecified atom stereocenters. The van der Waals surface area contributed by atoms with Gasteiger partial charge in [0, 0.05) is 23.6 Å². The number of benzene rings is 1. The lowest BCUT2D eigenvalue weighted by molar-refractivity contribution is 0.241. The van der Waals surface area contributed by atoms with Gasteiger partial charge in [-0.1, -0.05) is 0 Å². The molecule has 2 aromatic heterocycles. The Morgan fingerprint density at radius 2 is 1.81 bits per heavy atom. The zero-order valence-electron chi connectivity index (χ0n) is 18.3. The monoisotopic (exact) mass is 455 g/mol. The van der Waals surface area contributed by atoms with Gasteiger partial charge in [-0.3, -0.25) is 0 Å². The van der Waals surface area contributed by atoms with Crippen LogP contribution in [-0.2, 0) is 14.6 Å². The molecule has 0 bridgehead atoms. The van der Waals surface area contributed by atoms with Crippen molar-refractivity contribution in [3.63, 3.8) is 0 Å². The first-order valence-corrected chi connectivity index (χ1v) is 12.1. The maximum atomic E-state index is 11.6. The number of nitrogens with one attached hydrogen (secondary N) is 1. The van der Waals surface area contributed by atoms with Gasteiger partial charge in [0.15, 0.2) is 14.9 Å². The Bertz CT molecular complexity index is 1250. The number of H-pyrrole nitrogens is 1. The molecule has 32 heavy (non-hydrogen) atoms. The molecule has 9 heteroatoms. The largest absolute Gasteiger partial charge is 0.491 e. The summed E-state index contributed by atoms with van der Waals surface area (Å²) in [5.74, 6) is 2.20. The van der Waals surface area contributed by atoms with Crippen molar-refractivity contribution in [2.75, 3.05) is 12.9 Å². The van der Waals surface area contributed by atoms with Gasteiger partial charge in [-0.2, -0.15) is 0 Å². The fraction of sp³-hybridized carbons (Fsp3) is 0.304. The molecule has 0 spiro atoms. The summed E-state index contributed by atoms with van der Waals surface area (Å²) in [5, 5.41) is -0.00675. The van der Waals surface area contributed by atoms with Gasteiger partial charge in [-0.25, -0.2) is 18.4 Å². The number of sulfone groups is 1. The summed E-state index contributed by atoms with van der Waals surface area (Å²) in [7, 11) is -3.37. The van der Waals surface area contributed by atoms with E-state index in [1.54, 1.807) is 12.1 Å². The molecule has 168 valence electrons. The molecule has 3 heterocycles. The highest BCUT2D eigenvalue weighted by Crippen LogP contribution is 2.33. The Balaban J connectivity index is 1.64. The second kappa shape index (κ2) is 8.66. The van der Waals surface area contributed by atoms with E-state index < -0.39 is 9.84 Å². The summed E-state index contributed by atoms with van der Waals surface area (Å²) in [4.78, 5) is 11.8. The Hall–Kier alpha value is -3.33. The van der Waals surface area contributed by atoms with E-state index in [1.165, 1.54) is 12.3 Å². The molecule has 0 saturated carbocycles. The van der Waals surface area contributed by atoms with Crippen LogP contribution >= 0.6 is 0 Å². The summed E-state index contributed by atoms with van der Waals surface area (Å²) >= 11 is 0.